The number of ketones is 1. The SMILES string of the molecule is COc1ccc(S[13CH2][13C](C)=O)cc1. The number of carbonyl (C=O) groups is 1. The van der Waals surface area contributed by atoms with Gasteiger partial charge in [-0.25, -0.2) is 0 Å². The molecule has 1 aromatic rings. The maximum atomic E-state index is 10.7. The fraction of sp³-hybridized carbons (Fsp3) is 0.300. The van der Waals surface area contributed by atoms with Crippen LogP contribution in [-0.2, 0) is 4.79 Å². The molecule has 0 unspecified atom stereocenters. The summed E-state index contributed by atoms with van der Waals surface area (Å²) in [6, 6.07) is 7.68. The average Bonchev–Trinajstić information content (AvgIpc) is 2.15. The van der Waals surface area contributed by atoms with Crippen LogP contribution in [0.15, 0.2) is 29.2 Å². The largest absolute Gasteiger partial charge is 0.497 e. The summed E-state index contributed by atoms with van der Waals surface area (Å²) < 4.78 is 5.02. The van der Waals surface area contributed by atoms with Crippen LogP contribution in [0.1, 0.15) is 6.92 Å². The van der Waals surface area contributed by atoms with Gasteiger partial charge >= 0.3 is 0 Å². The number of ether oxygens (including phenoxy) is 1. The summed E-state index contributed by atoms with van der Waals surface area (Å²) in [7, 11) is 1.64. The van der Waals surface area contributed by atoms with Crippen LogP contribution in [0.3, 0.4) is 0 Å². The predicted molar refractivity (Wildman–Crippen MR) is 54.4 cm³/mol. The second kappa shape index (κ2) is 4.92. The molecule has 0 spiro atoms. The Morgan fingerprint density at radius 1 is 1.38 bits per heavy atom. The van der Waals surface area contributed by atoms with E-state index in [-0.39, 0.29) is 5.78 Å². The summed E-state index contributed by atoms with van der Waals surface area (Å²) in [6.45, 7) is 1.59. The lowest BCUT2D eigenvalue weighted by Gasteiger charge is -2.01. The molecule has 0 saturated carbocycles. The number of rotatable bonds is 4. The number of thioether (sulfide) groups is 1. The molecule has 3 heteroatoms. The summed E-state index contributed by atoms with van der Waals surface area (Å²) in [4.78, 5) is 11.8. The minimum absolute atomic E-state index is 0.195. The third-order valence-corrected chi connectivity index (χ3v) is 2.66. The minimum atomic E-state index is 0.195. The number of hydrogen-bond donors (Lipinski definition) is 0. The van der Waals surface area contributed by atoms with Gasteiger partial charge in [-0.2, -0.15) is 0 Å². The third kappa shape index (κ3) is 3.51. The van der Waals surface area contributed by atoms with Crippen molar-refractivity contribution in [2.75, 3.05) is 12.9 Å². The molecule has 0 amide bonds. The summed E-state index contributed by atoms with van der Waals surface area (Å²) >= 11 is 1.54. The lowest BCUT2D eigenvalue weighted by Crippen LogP contribution is -1.92. The molecule has 1 aromatic carbocycles. The standard InChI is InChI=1S/C10H12O2S/c1-8(11)7-13-10-5-3-9(12-2)4-6-10/h3-6H,7H2,1-2H3/i7+1,8+1. The Labute approximate surface area is 82.3 Å². The Bertz CT molecular complexity index is 279. The van der Waals surface area contributed by atoms with E-state index in [1.807, 2.05) is 24.3 Å². The number of carbonyl (C=O) groups excluding carboxylic acids is 1. The molecule has 0 aliphatic rings. The molecule has 0 saturated heterocycles. The van der Waals surface area contributed by atoms with Crippen molar-refractivity contribution in [3.05, 3.63) is 24.3 Å². The van der Waals surface area contributed by atoms with Gasteiger partial charge in [0.25, 0.3) is 0 Å². The van der Waals surface area contributed by atoms with Crippen molar-refractivity contribution in [1.82, 2.24) is 0 Å². The number of methoxy groups -OCH3 is 1. The smallest absolute Gasteiger partial charge is 0.140 e. The first kappa shape index (κ1) is 10.1. The van der Waals surface area contributed by atoms with Gasteiger partial charge in [-0.1, -0.05) is 0 Å². The predicted octanol–water partition coefficient (Wildman–Crippen LogP) is 2.38. The van der Waals surface area contributed by atoms with Gasteiger partial charge in [0.1, 0.15) is 11.5 Å². The highest BCUT2D eigenvalue weighted by atomic mass is 32.2. The lowest BCUT2D eigenvalue weighted by molar-refractivity contribution is -0.114. The van der Waals surface area contributed by atoms with Gasteiger partial charge in [0.05, 0.1) is 12.9 Å². The van der Waals surface area contributed by atoms with E-state index in [4.69, 9.17) is 4.74 Å². The quantitative estimate of drug-likeness (QED) is 0.549. The molecule has 0 atom stereocenters. The maximum absolute atomic E-state index is 10.7. The monoisotopic (exact) mass is 198 g/mol. The normalized spacial score (nSPS) is 9.69. The van der Waals surface area contributed by atoms with Gasteiger partial charge in [-0.15, -0.1) is 11.8 Å². The van der Waals surface area contributed by atoms with E-state index in [0.717, 1.165) is 10.6 Å². The zero-order valence-corrected chi connectivity index (χ0v) is 8.56. The van der Waals surface area contributed by atoms with Crippen LogP contribution in [0.25, 0.3) is 0 Å². The molecule has 0 heterocycles. The molecule has 0 fully saturated rings. The Morgan fingerprint density at radius 2 is 2.00 bits per heavy atom. The van der Waals surface area contributed by atoms with E-state index in [1.54, 1.807) is 25.8 Å². The van der Waals surface area contributed by atoms with Crippen molar-refractivity contribution in [3.63, 3.8) is 0 Å². The van der Waals surface area contributed by atoms with Crippen LogP contribution in [0.2, 0.25) is 0 Å². The van der Waals surface area contributed by atoms with Gasteiger partial charge in [0.15, 0.2) is 0 Å². The van der Waals surface area contributed by atoms with E-state index in [0.29, 0.717) is 5.75 Å². The van der Waals surface area contributed by atoms with E-state index in [9.17, 15) is 4.79 Å². The maximum Gasteiger partial charge on any atom is 0.140 e. The second-order valence-electron chi connectivity index (χ2n) is 2.67. The number of benzene rings is 1. The molecule has 0 aliphatic carbocycles. The van der Waals surface area contributed by atoms with Crippen molar-refractivity contribution in [1.29, 1.82) is 0 Å². The Balaban J connectivity index is 2.54. The Morgan fingerprint density at radius 3 is 2.46 bits per heavy atom. The third-order valence-electron chi connectivity index (χ3n) is 1.50. The van der Waals surface area contributed by atoms with Crippen molar-refractivity contribution < 1.29 is 9.53 Å². The second-order valence-corrected chi connectivity index (χ2v) is 3.71. The van der Waals surface area contributed by atoms with Crippen LogP contribution in [0, 0.1) is 0 Å². The van der Waals surface area contributed by atoms with Crippen LogP contribution in [-0.4, -0.2) is 18.6 Å². The first-order valence-corrected chi connectivity index (χ1v) is 4.97. The number of hydrogen-bond acceptors (Lipinski definition) is 3. The lowest BCUT2D eigenvalue weighted by atomic mass is 10.3. The molecule has 0 aliphatic heterocycles. The highest BCUT2D eigenvalue weighted by Gasteiger charge is 1.97. The molecular formula is C10H12O2S. The number of Topliss-reactive ketones (excluding diaryl/α,β-unsaturated/α-hetero) is 1. The highest BCUT2D eigenvalue weighted by molar-refractivity contribution is 8.00. The zero-order valence-electron chi connectivity index (χ0n) is 7.74. The summed E-state index contributed by atoms with van der Waals surface area (Å²) in [6.07, 6.45) is 0. The minimum Gasteiger partial charge on any atom is -0.497 e. The summed E-state index contributed by atoms with van der Waals surface area (Å²) in [5.41, 5.74) is 0. The molecule has 0 aromatic heterocycles. The van der Waals surface area contributed by atoms with Crippen molar-refractivity contribution in [3.8, 4) is 5.75 Å². The summed E-state index contributed by atoms with van der Waals surface area (Å²) in [5, 5.41) is 0. The van der Waals surface area contributed by atoms with Crippen molar-refractivity contribution in [2.45, 2.75) is 11.8 Å². The summed E-state index contributed by atoms with van der Waals surface area (Å²) in [5.74, 6) is 1.57. The van der Waals surface area contributed by atoms with Crippen LogP contribution < -0.4 is 4.74 Å². The first-order chi connectivity index (χ1) is 6.22. The molecule has 13 heavy (non-hydrogen) atoms. The topological polar surface area (TPSA) is 26.3 Å². The van der Waals surface area contributed by atoms with Gasteiger partial charge in [-0.3, -0.25) is 4.79 Å². The van der Waals surface area contributed by atoms with Crippen LogP contribution >= 0.6 is 11.8 Å². The van der Waals surface area contributed by atoms with E-state index in [2.05, 4.69) is 0 Å². The fourth-order valence-corrected chi connectivity index (χ4v) is 1.56. The molecule has 0 N–H and O–H groups in total. The van der Waals surface area contributed by atoms with Gasteiger partial charge in [0.2, 0.25) is 0 Å². The molecule has 70 valence electrons. The van der Waals surface area contributed by atoms with Crippen molar-refractivity contribution in [2.24, 2.45) is 0 Å². The van der Waals surface area contributed by atoms with Gasteiger partial charge in [-0.05, 0) is 31.2 Å². The van der Waals surface area contributed by atoms with E-state index >= 15 is 0 Å². The first-order valence-electron chi connectivity index (χ1n) is 3.98. The molecule has 0 bridgehead atoms. The molecular weight excluding hydrogens is 186 g/mol. The van der Waals surface area contributed by atoms with Gasteiger partial charge < -0.3 is 4.74 Å². The van der Waals surface area contributed by atoms with Crippen LogP contribution in [0.4, 0.5) is 0 Å². The van der Waals surface area contributed by atoms with E-state index in [1.165, 1.54) is 0 Å². The zero-order chi connectivity index (χ0) is 9.68. The molecule has 2 nitrogen and oxygen atoms in total. The van der Waals surface area contributed by atoms with Crippen molar-refractivity contribution >= 4 is 17.5 Å². The average molecular weight is 198 g/mol. The molecule has 0 radical (unpaired) electrons. The van der Waals surface area contributed by atoms with Gasteiger partial charge in [0, 0.05) is 4.90 Å². The Hall–Kier alpha value is -0.960. The van der Waals surface area contributed by atoms with E-state index < -0.39 is 0 Å². The Kier molecular flexibility index (Phi) is 3.83. The fourth-order valence-electron chi connectivity index (χ4n) is 0.857. The molecule has 1 rings (SSSR count). The van der Waals surface area contributed by atoms with Crippen LogP contribution in [0.5, 0.6) is 5.75 Å². The highest BCUT2D eigenvalue weighted by Crippen LogP contribution is 2.20.